The van der Waals surface area contributed by atoms with Crippen molar-refractivity contribution in [3.63, 3.8) is 0 Å². The summed E-state index contributed by atoms with van der Waals surface area (Å²) in [5.41, 5.74) is 0.982. The third-order valence-electron chi connectivity index (χ3n) is 2.10. The molecule has 4 heteroatoms. The number of hydrogen-bond donors (Lipinski definition) is 1. The van der Waals surface area contributed by atoms with Crippen LogP contribution in [0.15, 0.2) is 6.07 Å². The number of methoxy groups -OCH3 is 1. The van der Waals surface area contributed by atoms with E-state index in [0.717, 1.165) is 17.3 Å². The minimum absolute atomic E-state index is 0.473. The lowest BCUT2D eigenvalue weighted by atomic mass is 10.4. The van der Waals surface area contributed by atoms with Gasteiger partial charge in [-0.25, -0.2) is 9.97 Å². The van der Waals surface area contributed by atoms with Gasteiger partial charge in [-0.15, -0.1) is 0 Å². The standard InChI is InChI=1S/C10H15N3O/c1-7-5-9(12-8-3-4-8)13-10(11-7)6-14-2/h5,8H,3-4,6H2,1-2H3,(H,11,12,13). The summed E-state index contributed by atoms with van der Waals surface area (Å²) in [5, 5.41) is 3.35. The maximum Gasteiger partial charge on any atom is 0.156 e. The largest absolute Gasteiger partial charge is 0.377 e. The second kappa shape index (κ2) is 3.92. The predicted octanol–water partition coefficient (Wildman–Crippen LogP) is 1.51. The molecule has 76 valence electrons. The molecule has 1 aromatic heterocycles. The van der Waals surface area contributed by atoms with E-state index in [-0.39, 0.29) is 0 Å². The molecule has 0 bridgehead atoms. The number of hydrogen-bond acceptors (Lipinski definition) is 4. The van der Waals surface area contributed by atoms with E-state index in [1.54, 1.807) is 7.11 Å². The Kier molecular flexibility index (Phi) is 2.63. The van der Waals surface area contributed by atoms with Crippen molar-refractivity contribution in [2.75, 3.05) is 12.4 Å². The van der Waals surface area contributed by atoms with Gasteiger partial charge in [0.1, 0.15) is 12.4 Å². The number of nitrogens with zero attached hydrogens (tertiary/aromatic N) is 2. The lowest BCUT2D eigenvalue weighted by Crippen LogP contribution is -2.07. The Morgan fingerprint density at radius 2 is 2.29 bits per heavy atom. The third-order valence-corrected chi connectivity index (χ3v) is 2.10. The number of nitrogens with one attached hydrogen (secondary N) is 1. The van der Waals surface area contributed by atoms with Gasteiger partial charge in [-0.05, 0) is 19.8 Å². The maximum absolute atomic E-state index is 5.01. The molecule has 1 saturated carbocycles. The lowest BCUT2D eigenvalue weighted by Gasteiger charge is -2.06. The van der Waals surface area contributed by atoms with Crippen LogP contribution in [-0.2, 0) is 11.3 Å². The second-order valence-corrected chi connectivity index (χ2v) is 3.66. The quantitative estimate of drug-likeness (QED) is 0.787. The molecule has 0 aliphatic heterocycles. The van der Waals surface area contributed by atoms with Gasteiger partial charge >= 0.3 is 0 Å². The predicted molar refractivity (Wildman–Crippen MR) is 54.1 cm³/mol. The molecule has 1 fully saturated rings. The monoisotopic (exact) mass is 193 g/mol. The average molecular weight is 193 g/mol. The molecule has 0 spiro atoms. The summed E-state index contributed by atoms with van der Waals surface area (Å²) < 4.78 is 5.01. The van der Waals surface area contributed by atoms with E-state index in [9.17, 15) is 0 Å². The number of aromatic nitrogens is 2. The Balaban J connectivity index is 2.12. The highest BCUT2D eigenvalue weighted by molar-refractivity contribution is 5.38. The molecular weight excluding hydrogens is 178 g/mol. The fourth-order valence-corrected chi connectivity index (χ4v) is 1.33. The summed E-state index contributed by atoms with van der Waals surface area (Å²) in [6, 6.07) is 2.59. The van der Waals surface area contributed by atoms with Crippen molar-refractivity contribution in [2.24, 2.45) is 0 Å². The van der Waals surface area contributed by atoms with Crippen LogP contribution in [0.3, 0.4) is 0 Å². The van der Waals surface area contributed by atoms with Gasteiger partial charge in [-0.1, -0.05) is 0 Å². The molecule has 2 rings (SSSR count). The zero-order valence-corrected chi connectivity index (χ0v) is 8.58. The van der Waals surface area contributed by atoms with E-state index in [4.69, 9.17) is 4.74 Å². The molecule has 0 atom stereocenters. The van der Waals surface area contributed by atoms with Crippen LogP contribution in [0.25, 0.3) is 0 Å². The van der Waals surface area contributed by atoms with E-state index >= 15 is 0 Å². The van der Waals surface area contributed by atoms with Gasteiger partial charge in [0.05, 0.1) is 0 Å². The fourth-order valence-electron chi connectivity index (χ4n) is 1.33. The maximum atomic E-state index is 5.01. The van der Waals surface area contributed by atoms with Gasteiger partial charge in [0.25, 0.3) is 0 Å². The third kappa shape index (κ3) is 2.42. The Labute approximate surface area is 83.7 Å². The first-order chi connectivity index (χ1) is 6.78. The molecule has 0 amide bonds. The van der Waals surface area contributed by atoms with Crippen molar-refractivity contribution in [1.82, 2.24) is 9.97 Å². The van der Waals surface area contributed by atoms with Gasteiger partial charge in [0.2, 0.25) is 0 Å². The van der Waals surface area contributed by atoms with E-state index in [1.165, 1.54) is 12.8 Å². The first kappa shape index (κ1) is 9.40. The number of aryl methyl sites for hydroxylation is 1. The summed E-state index contributed by atoms with van der Waals surface area (Å²) >= 11 is 0. The van der Waals surface area contributed by atoms with Gasteiger partial charge in [0.15, 0.2) is 5.82 Å². The Bertz CT molecular complexity index is 323. The minimum Gasteiger partial charge on any atom is -0.377 e. The van der Waals surface area contributed by atoms with Crippen LogP contribution in [-0.4, -0.2) is 23.1 Å². The molecule has 0 aromatic carbocycles. The Morgan fingerprint density at radius 1 is 1.50 bits per heavy atom. The fraction of sp³-hybridized carbons (Fsp3) is 0.600. The summed E-state index contributed by atoms with van der Waals surface area (Å²) in [5.74, 6) is 1.67. The molecule has 0 radical (unpaired) electrons. The normalized spacial score (nSPS) is 15.6. The van der Waals surface area contributed by atoms with Crippen LogP contribution in [0.2, 0.25) is 0 Å². The lowest BCUT2D eigenvalue weighted by molar-refractivity contribution is 0.177. The molecule has 0 saturated heterocycles. The molecule has 1 N–H and O–H groups in total. The average Bonchev–Trinajstić information content (AvgIpc) is 2.87. The van der Waals surface area contributed by atoms with Gasteiger partial charge in [-0.3, -0.25) is 0 Å². The highest BCUT2D eigenvalue weighted by Crippen LogP contribution is 2.23. The van der Waals surface area contributed by atoms with Crippen molar-refractivity contribution in [3.05, 3.63) is 17.6 Å². The molecular formula is C10H15N3O. The molecule has 1 aliphatic carbocycles. The highest BCUT2D eigenvalue weighted by atomic mass is 16.5. The van der Waals surface area contributed by atoms with Crippen LogP contribution in [0.5, 0.6) is 0 Å². The molecule has 4 nitrogen and oxygen atoms in total. The van der Waals surface area contributed by atoms with E-state index in [1.807, 2.05) is 13.0 Å². The number of anilines is 1. The number of rotatable bonds is 4. The van der Waals surface area contributed by atoms with Gasteiger partial charge in [0, 0.05) is 24.9 Å². The summed E-state index contributed by atoms with van der Waals surface area (Å²) in [7, 11) is 1.65. The van der Waals surface area contributed by atoms with Gasteiger partial charge < -0.3 is 10.1 Å². The first-order valence-electron chi connectivity index (χ1n) is 4.88. The first-order valence-corrected chi connectivity index (χ1v) is 4.88. The molecule has 1 aromatic rings. The van der Waals surface area contributed by atoms with Crippen molar-refractivity contribution in [2.45, 2.75) is 32.4 Å². The molecule has 0 unspecified atom stereocenters. The number of ether oxygens (including phenoxy) is 1. The van der Waals surface area contributed by atoms with Crippen molar-refractivity contribution in [3.8, 4) is 0 Å². The molecule has 14 heavy (non-hydrogen) atoms. The summed E-state index contributed by atoms with van der Waals surface area (Å²) in [4.78, 5) is 8.63. The van der Waals surface area contributed by atoms with E-state index in [0.29, 0.717) is 12.6 Å². The summed E-state index contributed by atoms with van der Waals surface area (Å²) in [6.07, 6.45) is 2.51. The van der Waals surface area contributed by atoms with Crippen LogP contribution < -0.4 is 5.32 Å². The van der Waals surface area contributed by atoms with Crippen LogP contribution in [0, 0.1) is 6.92 Å². The smallest absolute Gasteiger partial charge is 0.156 e. The Hall–Kier alpha value is -1.16. The topological polar surface area (TPSA) is 47.0 Å². The SMILES string of the molecule is COCc1nc(C)cc(NC2CC2)n1. The zero-order valence-electron chi connectivity index (χ0n) is 8.58. The van der Waals surface area contributed by atoms with Crippen molar-refractivity contribution < 1.29 is 4.74 Å². The van der Waals surface area contributed by atoms with Crippen LogP contribution in [0.4, 0.5) is 5.82 Å². The minimum atomic E-state index is 0.473. The Morgan fingerprint density at radius 3 is 2.93 bits per heavy atom. The van der Waals surface area contributed by atoms with Crippen LogP contribution >= 0.6 is 0 Å². The summed E-state index contributed by atoms with van der Waals surface area (Å²) in [6.45, 7) is 2.44. The van der Waals surface area contributed by atoms with E-state index in [2.05, 4.69) is 15.3 Å². The van der Waals surface area contributed by atoms with Crippen LogP contribution in [0.1, 0.15) is 24.4 Å². The van der Waals surface area contributed by atoms with Gasteiger partial charge in [-0.2, -0.15) is 0 Å². The second-order valence-electron chi connectivity index (χ2n) is 3.66. The van der Waals surface area contributed by atoms with E-state index < -0.39 is 0 Å². The zero-order chi connectivity index (χ0) is 9.97. The van der Waals surface area contributed by atoms with Crippen molar-refractivity contribution in [1.29, 1.82) is 0 Å². The molecule has 1 heterocycles. The highest BCUT2D eigenvalue weighted by Gasteiger charge is 2.21. The molecule has 1 aliphatic rings. The van der Waals surface area contributed by atoms with Crippen molar-refractivity contribution >= 4 is 5.82 Å².